The van der Waals surface area contributed by atoms with Gasteiger partial charge in [0.05, 0.1) is 25.2 Å². The van der Waals surface area contributed by atoms with Crippen molar-refractivity contribution in [1.29, 1.82) is 0 Å². The number of carbonyl (C=O) groups is 1. The number of benzene rings is 2. The summed E-state index contributed by atoms with van der Waals surface area (Å²) >= 11 is 0. The Morgan fingerprint density at radius 2 is 1.95 bits per heavy atom. The molecule has 2 heterocycles. The van der Waals surface area contributed by atoms with Gasteiger partial charge < -0.3 is 30.0 Å². The quantitative estimate of drug-likeness (QED) is 0.444. The zero-order chi connectivity index (χ0) is 27.6. The summed E-state index contributed by atoms with van der Waals surface area (Å²) in [6, 6.07) is 10.3. The lowest BCUT2D eigenvalue weighted by Crippen LogP contribution is -2.82. The lowest BCUT2D eigenvalue weighted by atomic mass is 9.46. The number of hydrogen-bond acceptors (Lipinski definition) is 7. The van der Waals surface area contributed by atoms with Crippen LogP contribution in [0.1, 0.15) is 55.7 Å². The molecule has 3 N–H and O–H groups in total. The van der Waals surface area contributed by atoms with Crippen LogP contribution in [0.5, 0.6) is 23.0 Å². The van der Waals surface area contributed by atoms with Gasteiger partial charge in [0.25, 0.3) is 0 Å². The van der Waals surface area contributed by atoms with E-state index in [1.165, 1.54) is 24.0 Å². The third-order valence-corrected chi connectivity index (χ3v) is 10.5. The molecule has 2 bridgehead atoms. The Morgan fingerprint density at radius 3 is 2.70 bits per heavy atom. The molecular weight excluding hydrogens is 506 g/mol. The highest BCUT2D eigenvalue weighted by Gasteiger charge is 2.73. The van der Waals surface area contributed by atoms with Gasteiger partial charge in [-0.2, -0.15) is 0 Å². The second-order valence-corrected chi connectivity index (χ2v) is 12.6. The Morgan fingerprint density at radius 1 is 1.12 bits per heavy atom. The van der Waals surface area contributed by atoms with Gasteiger partial charge in [0, 0.05) is 31.1 Å². The number of ether oxygens (including phenoxy) is 3. The normalized spacial score (nSPS) is 31.7. The number of methoxy groups -OCH3 is 2. The minimum atomic E-state index is -0.412. The first-order valence-corrected chi connectivity index (χ1v) is 14.9. The molecule has 0 radical (unpaired) electrons. The number of amides is 1. The van der Waals surface area contributed by atoms with Crippen molar-refractivity contribution >= 4 is 5.91 Å². The molecule has 1 saturated heterocycles. The van der Waals surface area contributed by atoms with Gasteiger partial charge in [0.1, 0.15) is 6.10 Å². The largest absolute Gasteiger partial charge is 0.504 e. The van der Waals surface area contributed by atoms with Crippen LogP contribution >= 0.6 is 0 Å². The summed E-state index contributed by atoms with van der Waals surface area (Å²) in [5, 5.41) is 18.4. The second-order valence-electron chi connectivity index (χ2n) is 12.6. The molecule has 3 aliphatic carbocycles. The van der Waals surface area contributed by atoms with Crippen molar-refractivity contribution < 1.29 is 24.1 Å². The van der Waals surface area contributed by atoms with E-state index >= 15 is 0 Å². The highest BCUT2D eigenvalue weighted by molar-refractivity contribution is 5.76. The van der Waals surface area contributed by atoms with Crippen molar-refractivity contribution in [2.24, 2.45) is 5.92 Å². The van der Waals surface area contributed by atoms with Crippen LogP contribution in [0.2, 0.25) is 0 Å². The number of rotatable bonds is 9. The Kier molecular flexibility index (Phi) is 6.20. The summed E-state index contributed by atoms with van der Waals surface area (Å²) in [6.07, 6.45) is 6.89. The maximum atomic E-state index is 12.9. The monoisotopic (exact) mass is 547 g/mol. The Hall–Kier alpha value is -2.97. The highest BCUT2D eigenvalue weighted by atomic mass is 16.5. The van der Waals surface area contributed by atoms with E-state index in [0.29, 0.717) is 5.75 Å². The predicted molar refractivity (Wildman–Crippen MR) is 151 cm³/mol. The molecule has 2 aromatic carbocycles. The van der Waals surface area contributed by atoms with Crippen LogP contribution in [-0.4, -0.2) is 73.5 Å². The van der Waals surface area contributed by atoms with Crippen molar-refractivity contribution in [3.63, 3.8) is 0 Å². The molecule has 7 rings (SSSR count). The molecule has 2 saturated carbocycles. The zero-order valence-corrected chi connectivity index (χ0v) is 23.8. The summed E-state index contributed by atoms with van der Waals surface area (Å²) < 4.78 is 17.7. The Balaban J connectivity index is 1.22. The number of nitrogens with one attached hydrogen (secondary N) is 2. The molecule has 3 fully saturated rings. The lowest BCUT2D eigenvalue weighted by Gasteiger charge is -2.66. The number of carbonyl (C=O) groups excluding carboxylic acids is 1. The molecule has 40 heavy (non-hydrogen) atoms. The maximum absolute atomic E-state index is 12.9. The highest BCUT2D eigenvalue weighted by Crippen LogP contribution is 2.65. The number of piperidine rings is 1. The molecule has 1 spiro atoms. The van der Waals surface area contributed by atoms with E-state index in [0.717, 1.165) is 74.7 Å². The topological polar surface area (TPSA) is 92.3 Å². The first kappa shape index (κ1) is 26.0. The second kappa shape index (κ2) is 9.55. The van der Waals surface area contributed by atoms with E-state index in [9.17, 15) is 9.90 Å². The van der Waals surface area contributed by atoms with E-state index in [1.54, 1.807) is 27.2 Å². The smallest absolute Gasteiger partial charge is 0.217 e. The van der Waals surface area contributed by atoms with E-state index in [-0.39, 0.29) is 35.3 Å². The van der Waals surface area contributed by atoms with Crippen molar-refractivity contribution in [2.75, 3.05) is 33.9 Å². The number of hydrogen-bond donors (Lipinski definition) is 3. The van der Waals surface area contributed by atoms with Gasteiger partial charge in [-0.3, -0.25) is 9.69 Å². The van der Waals surface area contributed by atoms with Gasteiger partial charge in [-0.05, 0) is 93.3 Å². The van der Waals surface area contributed by atoms with Gasteiger partial charge >= 0.3 is 0 Å². The third-order valence-electron chi connectivity index (χ3n) is 10.5. The van der Waals surface area contributed by atoms with Gasteiger partial charge in [-0.1, -0.05) is 12.1 Å². The number of nitrogens with zero attached hydrogens (tertiary/aromatic N) is 1. The van der Waals surface area contributed by atoms with Crippen molar-refractivity contribution in [3.8, 4) is 23.0 Å². The summed E-state index contributed by atoms with van der Waals surface area (Å²) in [4.78, 5) is 15.6. The van der Waals surface area contributed by atoms with Gasteiger partial charge in [-0.15, -0.1) is 0 Å². The number of phenols is 1. The summed E-state index contributed by atoms with van der Waals surface area (Å²) in [5.74, 6) is 3.12. The van der Waals surface area contributed by atoms with E-state index < -0.39 is 5.54 Å². The lowest BCUT2D eigenvalue weighted by molar-refractivity contribution is -0.135. The fourth-order valence-electron chi connectivity index (χ4n) is 8.74. The van der Waals surface area contributed by atoms with Crippen LogP contribution in [0.15, 0.2) is 30.3 Å². The molecule has 1 amide bonds. The average molecular weight is 548 g/mol. The fraction of sp³-hybridized carbons (Fsp3) is 0.594. The summed E-state index contributed by atoms with van der Waals surface area (Å²) in [7, 11) is 3.31. The van der Waals surface area contributed by atoms with Crippen LogP contribution in [0.25, 0.3) is 0 Å². The number of phenolic OH excluding ortho intramolecular Hbond substituents is 1. The Labute approximate surface area is 236 Å². The minimum absolute atomic E-state index is 0.0216. The molecule has 0 unspecified atom stereocenters. The molecule has 5 aliphatic rings. The van der Waals surface area contributed by atoms with E-state index in [2.05, 4.69) is 27.7 Å². The van der Waals surface area contributed by atoms with Crippen molar-refractivity contribution in [2.45, 2.75) is 81.0 Å². The van der Waals surface area contributed by atoms with E-state index in [1.807, 2.05) is 12.1 Å². The summed E-state index contributed by atoms with van der Waals surface area (Å²) in [5.41, 5.74) is 2.82. The number of aromatic hydroxyl groups is 1. The predicted octanol–water partition coefficient (Wildman–Crippen LogP) is 3.32. The molecular formula is C32H41N3O5. The molecule has 0 aromatic heterocycles. The summed E-state index contributed by atoms with van der Waals surface area (Å²) in [6.45, 7) is 4.55. The van der Waals surface area contributed by atoms with Crippen molar-refractivity contribution in [1.82, 2.24) is 15.5 Å². The maximum Gasteiger partial charge on any atom is 0.217 e. The first-order chi connectivity index (χ1) is 19.4. The Bertz CT molecular complexity index is 1330. The minimum Gasteiger partial charge on any atom is -0.504 e. The third kappa shape index (κ3) is 3.75. The van der Waals surface area contributed by atoms with Gasteiger partial charge in [0.15, 0.2) is 23.0 Å². The molecule has 2 aliphatic heterocycles. The molecule has 2 aromatic rings. The number of likely N-dealkylation sites (tertiary alicyclic amines) is 1. The van der Waals surface area contributed by atoms with Crippen LogP contribution < -0.4 is 24.8 Å². The molecule has 214 valence electrons. The average Bonchev–Trinajstić information content (AvgIpc) is 3.69. The molecule has 8 nitrogen and oxygen atoms in total. The zero-order valence-electron chi connectivity index (χ0n) is 23.8. The molecule has 5 atom stereocenters. The van der Waals surface area contributed by atoms with Crippen molar-refractivity contribution in [3.05, 3.63) is 47.0 Å². The SMILES string of the molecule is COc1ccc(CCN[C@@H]2CC[C@@]3(NC(C)=O)[C@H]4Cc5ccc(O)c6c5[C@@]3(CCN4CC3CC3)[C@H]2O6)cc1OC. The first-order valence-electron chi connectivity index (χ1n) is 14.9. The van der Waals surface area contributed by atoms with Crippen LogP contribution in [0, 0.1) is 5.92 Å². The van der Waals surface area contributed by atoms with Crippen LogP contribution in [-0.2, 0) is 23.1 Å². The fourth-order valence-corrected chi connectivity index (χ4v) is 8.74. The van der Waals surface area contributed by atoms with Gasteiger partial charge in [0.2, 0.25) is 5.91 Å². The van der Waals surface area contributed by atoms with E-state index in [4.69, 9.17) is 14.2 Å². The molecule has 8 heteroatoms. The van der Waals surface area contributed by atoms with Crippen LogP contribution in [0.3, 0.4) is 0 Å². The standard InChI is InChI=1S/C32H41N3O5/c1-19(36)34-32-12-10-23(33-14-11-20-6-9-25(38-2)26(16-20)39-3)30-31(32)13-15-35(18-21-4-5-21)27(32)17-22-7-8-24(37)29(40-30)28(22)31/h6-9,16,21,23,27,30,33,37H,4-5,10-15,17-18H2,1-3H3,(H,34,36)/t23-,27-,30+,31+,32-/m1/s1. The van der Waals surface area contributed by atoms with Crippen LogP contribution in [0.4, 0.5) is 0 Å². The van der Waals surface area contributed by atoms with Gasteiger partial charge in [-0.25, -0.2) is 0 Å².